The summed E-state index contributed by atoms with van der Waals surface area (Å²) in [7, 11) is 1.71. The van der Waals surface area contributed by atoms with Gasteiger partial charge in [-0.2, -0.15) is 0 Å². The summed E-state index contributed by atoms with van der Waals surface area (Å²) in [4.78, 5) is 14.5. The standard InChI is InChI=1S/C15H29N3O2/c1-11(2)14(15(19)16-3)17-12-4-7-18(8-5-12)13-6-9-20-10-13/h11-14,17H,4-10H2,1-3H3,(H,16,19)/t13?,14-/m0/s1. The Hall–Kier alpha value is -0.650. The van der Waals surface area contributed by atoms with E-state index in [9.17, 15) is 4.79 Å². The number of likely N-dealkylation sites (tertiary alicyclic amines) is 1. The molecule has 20 heavy (non-hydrogen) atoms. The van der Waals surface area contributed by atoms with E-state index in [1.165, 1.54) is 6.42 Å². The zero-order valence-electron chi connectivity index (χ0n) is 13.0. The molecule has 5 nitrogen and oxygen atoms in total. The van der Waals surface area contributed by atoms with E-state index in [4.69, 9.17) is 4.74 Å². The highest BCUT2D eigenvalue weighted by molar-refractivity contribution is 5.81. The quantitative estimate of drug-likeness (QED) is 0.776. The van der Waals surface area contributed by atoms with Crippen LogP contribution < -0.4 is 10.6 Å². The average molecular weight is 283 g/mol. The van der Waals surface area contributed by atoms with Gasteiger partial charge in [0.05, 0.1) is 12.6 Å². The maximum absolute atomic E-state index is 11.9. The normalized spacial score (nSPS) is 26.9. The lowest BCUT2D eigenvalue weighted by Gasteiger charge is -2.37. The third kappa shape index (κ3) is 3.93. The predicted octanol–water partition coefficient (Wildman–Crippen LogP) is 0.600. The third-order valence-electron chi connectivity index (χ3n) is 4.56. The van der Waals surface area contributed by atoms with E-state index >= 15 is 0 Å². The Morgan fingerprint density at radius 3 is 2.45 bits per heavy atom. The summed E-state index contributed by atoms with van der Waals surface area (Å²) in [6.45, 7) is 8.23. The minimum absolute atomic E-state index is 0.0774. The van der Waals surface area contributed by atoms with Gasteiger partial charge in [0.1, 0.15) is 0 Å². The maximum Gasteiger partial charge on any atom is 0.237 e. The Kier molecular flexibility index (Phi) is 5.81. The number of nitrogens with one attached hydrogen (secondary N) is 2. The summed E-state index contributed by atoms with van der Waals surface area (Å²) >= 11 is 0. The van der Waals surface area contributed by atoms with Gasteiger partial charge in [-0.1, -0.05) is 13.8 Å². The summed E-state index contributed by atoms with van der Waals surface area (Å²) in [5.41, 5.74) is 0. The van der Waals surface area contributed by atoms with Crippen LogP contribution in [0.3, 0.4) is 0 Å². The fourth-order valence-electron chi connectivity index (χ4n) is 3.22. The van der Waals surface area contributed by atoms with Gasteiger partial charge in [-0.25, -0.2) is 0 Å². The van der Waals surface area contributed by atoms with Gasteiger partial charge in [-0.05, 0) is 25.2 Å². The van der Waals surface area contributed by atoms with Crippen LogP contribution in [-0.4, -0.2) is 62.3 Å². The third-order valence-corrected chi connectivity index (χ3v) is 4.56. The van der Waals surface area contributed by atoms with Crippen molar-refractivity contribution in [1.82, 2.24) is 15.5 Å². The molecule has 0 saturated carbocycles. The number of carbonyl (C=O) groups excluding carboxylic acids is 1. The monoisotopic (exact) mass is 283 g/mol. The molecule has 116 valence electrons. The number of piperidine rings is 1. The lowest BCUT2D eigenvalue weighted by molar-refractivity contribution is -0.124. The van der Waals surface area contributed by atoms with Crippen LogP contribution >= 0.6 is 0 Å². The number of hydrogen-bond donors (Lipinski definition) is 2. The molecular weight excluding hydrogens is 254 g/mol. The Labute approximate surface area is 122 Å². The minimum Gasteiger partial charge on any atom is -0.380 e. The van der Waals surface area contributed by atoms with Crippen molar-refractivity contribution >= 4 is 5.91 Å². The number of ether oxygens (including phenoxy) is 1. The Morgan fingerprint density at radius 2 is 1.95 bits per heavy atom. The van der Waals surface area contributed by atoms with Gasteiger partial charge < -0.3 is 15.4 Å². The van der Waals surface area contributed by atoms with Crippen LogP contribution in [0.5, 0.6) is 0 Å². The first-order valence-electron chi connectivity index (χ1n) is 7.91. The molecule has 0 bridgehead atoms. The summed E-state index contributed by atoms with van der Waals surface area (Å²) in [6, 6.07) is 1.00. The molecule has 0 spiro atoms. The molecule has 5 heteroatoms. The van der Waals surface area contributed by atoms with Gasteiger partial charge in [0.2, 0.25) is 5.91 Å². The first kappa shape index (κ1) is 15.7. The molecule has 2 saturated heterocycles. The van der Waals surface area contributed by atoms with Crippen LogP contribution in [0.25, 0.3) is 0 Å². The first-order valence-corrected chi connectivity index (χ1v) is 7.91. The molecule has 2 rings (SSSR count). The number of amides is 1. The van der Waals surface area contributed by atoms with Crippen molar-refractivity contribution in [3.05, 3.63) is 0 Å². The van der Waals surface area contributed by atoms with Crippen LogP contribution in [0.1, 0.15) is 33.1 Å². The molecule has 0 radical (unpaired) electrons. The second kappa shape index (κ2) is 7.38. The van der Waals surface area contributed by atoms with Crippen LogP contribution in [-0.2, 0) is 9.53 Å². The number of carbonyl (C=O) groups is 1. The highest BCUT2D eigenvalue weighted by atomic mass is 16.5. The van der Waals surface area contributed by atoms with E-state index in [1.54, 1.807) is 7.05 Å². The van der Waals surface area contributed by atoms with Crippen molar-refractivity contribution in [2.75, 3.05) is 33.4 Å². The van der Waals surface area contributed by atoms with Gasteiger partial charge in [0, 0.05) is 38.8 Å². The van der Waals surface area contributed by atoms with E-state index in [0.717, 1.165) is 39.1 Å². The maximum atomic E-state index is 11.9. The number of nitrogens with zero attached hydrogens (tertiary/aromatic N) is 1. The van der Waals surface area contributed by atoms with Gasteiger partial charge in [0.15, 0.2) is 0 Å². The lowest BCUT2D eigenvalue weighted by atomic mass is 9.97. The number of likely N-dealkylation sites (N-methyl/N-ethyl adjacent to an activating group) is 1. The Morgan fingerprint density at radius 1 is 1.25 bits per heavy atom. The topological polar surface area (TPSA) is 53.6 Å². The van der Waals surface area contributed by atoms with Crippen LogP contribution in [0, 0.1) is 5.92 Å². The largest absolute Gasteiger partial charge is 0.380 e. The van der Waals surface area contributed by atoms with E-state index in [2.05, 4.69) is 29.4 Å². The fraction of sp³-hybridized carbons (Fsp3) is 0.933. The smallest absolute Gasteiger partial charge is 0.237 e. The van der Waals surface area contributed by atoms with Gasteiger partial charge >= 0.3 is 0 Å². The number of rotatable bonds is 5. The summed E-state index contributed by atoms with van der Waals surface area (Å²) in [5, 5.41) is 6.31. The van der Waals surface area contributed by atoms with Crippen LogP contribution in [0.4, 0.5) is 0 Å². The first-order chi connectivity index (χ1) is 9.61. The molecule has 0 aromatic heterocycles. The fourth-order valence-corrected chi connectivity index (χ4v) is 3.22. The van der Waals surface area contributed by atoms with E-state index in [-0.39, 0.29) is 11.9 Å². The minimum atomic E-state index is -0.0774. The van der Waals surface area contributed by atoms with Gasteiger partial charge in [-0.3, -0.25) is 9.69 Å². The van der Waals surface area contributed by atoms with Crippen molar-refractivity contribution in [3.63, 3.8) is 0 Å². The highest BCUT2D eigenvalue weighted by Crippen LogP contribution is 2.19. The molecule has 2 aliphatic heterocycles. The van der Waals surface area contributed by atoms with Crippen molar-refractivity contribution in [2.24, 2.45) is 5.92 Å². The molecule has 0 aromatic rings. The van der Waals surface area contributed by atoms with Gasteiger partial charge in [-0.15, -0.1) is 0 Å². The van der Waals surface area contributed by atoms with Crippen LogP contribution in [0.2, 0.25) is 0 Å². The zero-order chi connectivity index (χ0) is 14.5. The molecule has 1 unspecified atom stereocenters. The summed E-state index contributed by atoms with van der Waals surface area (Å²) in [6.07, 6.45) is 3.42. The summed E-state index contributed by atoms with van der Waals surface area (Å²) < 4.78 is 5.47. The zero-order valence-corrected chi connectivity index (χ0v) is 13.0. The molecule has 2 N–H and O–H groups in total. The average Bonchev–Trinajstić information content (AvgIpc) is 2.98. The second-order valence-corrected chi connectivity index (χ2v) is 6.33. The van der Waals surface area contributed by atoms with Crippen molar-refractivity contribution < 1.29 is 9.53 Å². The Balaban J connectivity index is 1.79. The predicted molar refractivity (Wildman–Crippen MR) is 79.6 cm³/mol. The second-order valence-electron chi connectivity index (χ2n) is 6.33. The molecule has 0 aromatic carbocycles. The van der Waals surface area contributed by atoms with Crippen molar-refractivity contribution in [2.45, 2.75) is 51.2 Å². The van der Waals surface area contributed by atoms with Crippen LogP contribution in [0.15, 0.2) is 0 Å². The number of hydrogen-bond acceptors (Lipinski definition) is 4. The molecule has 2 aliphatic rings. The summed E-state index contributed by atoms with van der Waals surface area (Å²) in [5.74, 6) is 0.419. The van der Waals surface area contributed by atoms with E-state index in [1.807, 2.05) is 0 Å². The Bertz CT molecular complexity index is 308. The van der Waals surface area contributed by atoms with Gasteiger partial charge in [0.25, 0.3) is 0 Å². The van der Waals surface area contributed by atoms with E-state index < -0.39 is 0 Å². The molecule has 2 fully saturated rings. The molecule has 2 heterocycles. The molecule has 2 atom stereocenters. The highest BCUT2D eigenvalue weighted by Gasteiger charge is 2.30. The molecule has 1 amide bonds. The van der Waals surface area contributed by atoms with E-state index in [0.29, 0.717) is 18.0 Å². The SMILES string of the molecule is CNC(=O)[C@@H](NC1CCN(C2CCOC2)CC1)C(C)C. The lowest BCUT2D eigenvalue weighted by Crippen LogP contribution is -2.54. The van der Waals surface area contributed by atoms with Crippen molar-refractivity contribution in [3.8, 4) is 0 Å². The molecule has 0 aliphatic carbocycles. The molecular formula is C15H29N3O2. The van der Waals surface area contributed by atoms with Crippen molar-refractivity contribution in [1.29, 1.82) is 0 Å².